The van der Waals surface area contributed by atoms with E-state index in [1.165, 1.54) is 18.2 Å². The molecule has 0 aliphatic carbocycles. The molecule has 0 atom stereocenters. The van der Waals surface area contributed by atoms with Crippen LogP contribution < -0.4 is 10.1 Å². The van der Waals surface area contributed by atoms with E-state index in [4.69, 9.17) is 0 Å². The third-order valence-corrected chi connectivity index (χ3v) is 5.26. The number of anilines is 1. The lowest BCUT2D eigenvalue weighted by molar-refractivity contribution is -0.0498. The Labute approximate surface area is 168 Å². The van der Waals surface area contributed by atoms with Crippen molar-refractivity contribution >= 4 is 27.5 Å². The lowest BCUT2D eigenvalue weighted by Gasteiger charge is -2.10. The normalized spacial score (nSPS) is 11.1. The summed E-state index contributed by atoms with van der Waals surface area (Å²) in [7, 11) is 0. The first kappa shape index (κ1) is 20.0. The molecule has 148 valence electrons. The SMILES string of the molecule is Cc1cc(OC(F)F)ccc1NC(=O)c1ccn(Cn2nc(C)c(Br)c2C)n1. The van der Waals surface area contributed by atoms with Gasteiger partial charge in [0.25, 0.3) is 5.91 Å². The van der Waals surface area contributed by atoms with Gasteiger partial charge in [0.05, 0.1) is 15.9 Å². The summed E-state index contributed by atoms with van der Waals surface area (Å²) < 4.78 is 33.2. The van der Waals surface area contributed by atoms with Crippen molar-refractivity contribution in [1.82, 2.24) is 19.6 Å². The molecular weight excluding hydrogens is 436 g/mol. The molecule has 2 heterocycles. The van der Waals surface area contributed by atoms with Gasteiger partial charge in [-0.2, -0.15) is 19.0 Å². The van der Waals surface area contributed by atoms with E-state index in [0.29, 0.717) is 17.9 Å². The summed E-state index contributed by atoms with van der Waals surface area (Å²) in [5.41, 5.74) is 3.15. The second-order valence-electron chi connectivity index (χ2n) is 6.18. The number of aryl methyl sites for hydroxylation is 2. The summed E-state index contributed by atoms with van der Waals surface area (Å²) in [5, 5.41) is 11.4. The van der Waals surface area contributed by atoms with Gasteiger partial charge in [0, 0.05) is 11.9 Å². The zero-order valence-corrected chi connectivity index (χ0v) is 17.0. The van der Waals surface area contributed by atoms with Crippen molar-refractivity contribution in [1.29, 1.82) is 0 Å². The highest BCUT2D eigenvalue weighted by Crippen LogP contribution is 2.23. The van der Waals surface area contributed by atoms with E-state index in [2.05, 4.69) is 36.2 Å². The number of halogens is 3. The molecule has 0 unspecified atom stereocenters. The maximum absolute atomic E-state index is 12.5. The van der Waals surface area contributed by atoms with Gasteiger partial charge in [-0.05, 0) is 66.5 Å². The first-order chi connectivity index (χ1) is 13.2. The average molecular weight is 454 g/mol. The van der Waals surface area contributed by atoms with Crippen LogP contribution in [0.3, 0.4) is 0 Å². The number of alkyl halides is 2. The molecule has 0 spiro atoms. The Morgan fingerprint density at radius 1 is 1.25 bits per heavy atom. The molecule has 7 nitrogen and oxygen atoms in total. The van der Waals surface area contributed by atoms with Gasteiger partial charge in [0.2, 0.25) is 0 Å². The highest BCUT2D eigenvalue weighted by Gasteiger charge is 2.14. The molecule has 3 rings (SSSR count). The van der Waals surface area contributed by atoms with Gasteiger partial charge in [0.15, 0.2) is 5.69 Å². The summed E-state index contributed by atoms with van der Waals surface area (Å²) in [6.07, 6.45) is 1.69. The number of carbonyl (C=O) groups is 1. The summed E-state index contributed by atoms with van der Waals surface area (Å²) in [5.74, 6) is -0.371. The fourth-order valence-electron chi connectivity index (χ4n) is 2.65. The molecule has 0 saturated heterocycles. The van der Waals surface area contributed by atoms with E-state index >= 15 is 0 Å². The molecule has 3 aromatic rings. The molecule has 1 N–H and O–H groups in total. The van der Waals surface area contributed by atoms with Crippen molar-refractivity contribution < 1.29 is 18.3 Å². The van der Waals surface area contributed by atoms with E-state index in [9.17, 15) is 13.6 Å². The molecular formula is C18H18BrF2N5O2. The zero-order valence-electron chi connectivity index (χ0n) is 15.4. The van der Waals surface area contributed by atoms with Crippen LogP contribution in [0.15, 0.2) is 34.9 Å². The maximum atomic E-state index is 12.5. The second kappa shape index (κ2) is 8.09. The van der Waals surface area contributed by atoms with Gasteiger partial charge < -0.3 is 10.1 Å². The molecule has 10 heteroatoms. The van der Waals surface area contributed by atoms with E-state index in [1.54, 1.807) is 28.6 Å². The third kappa shape index (κ3) is 4.38. The minimum atomic E-state index is -2.90. The van der Waals surface area contributed by atoms with E-state index in [-0.39, 0.29) is 11.4 Å². The Balaban J connectivity index is 1.69. The van der Waals surface area contributed by atoms with Crippen molar-refractivity contribution in [2.24, 2.45) is 0 Å². The number of hydrogen-bond donors (Lipinski definition) is 1. The van der Waals surface area contributed by atoms with Crippen molar-refractivity contribution in [3.8, 4) is 5.75 Å². The monoisotopic (exact) mass is 453 g/mol. The number of ether oxygens (including phenoxy) is 1. The van der Waals surface area contributed by atoms with Crippen LogP contribution in [-0.4, -0.2) is 32.1 Å². The number of rotatable bonds is 6. The van der Waals surface area contributed by atoms with Crippen LogP contribution in [0.1, 0.15) is 27.4 Å². The Morgan fingerprint density at radius 3 is 2.61 bits per heavy atom. The molecule has 0 saturated carbocycles. The van der Waals surface area contributed by atoms with Crippen molar-refractivity contribution in [3.63, 3.8) is 0 Å². The molecule has 0 fully saturated rings. The van der Waals surface area contributed by atoms with Crippen LogP contribution in [-0.2, 0) is 6.67 Å². The predicted molar refractivity (Wildman–Crippen MR) is 103 cm³/mol. The first-order valence-corrected chi connectivity index (χ1v) is 9.13. The number of aromatic nitrogens is 4. The Hall–Kier alpha value is -2.75. The fraction of sp³-hybridized carbons (Fsp3) is 0.278. The van der Waals surface area contributed by atoms with Crippen molar-refractivity contribution in [3.05, 3.63) is 57.6 Å². The van der Waals surface area contributed by atoms with Crippen LogP contribution in [0.5, 0.6) is 5.75 Å². The second-order valence-corrected chi connectivity index (χ2v) is 6.97. The molecule has 0 aliphatic rings. The summed E-state index contributed by atoms with van der Waals surface area (Å²) in [6, 6.07) is 5.91. The predicted octanol–water partition coefficient (Wildman–Crippen LogP) is 4.13. The average Bonchev–Trinajstić information content (AvgIpc) is 3.18. The van der Waals surface area contributed by atoms with Crippen molar-refractivity contribution in [2.45, 2.75) is 34.1 Å². The number of benzene rings is 1. The summed E-state index contributed by atoms with van der Waals surface area (Å²) >= 11 is 3.48. The quantitative estimate of drug-likeness (QED) is 0.608. The smallest absolute Gasteiger partial charge is 0.387 e. The van der Waals surface area contributed by atoms with Crippen molar-refractivity contribution in [2.75, 3.05) is 5.32 Å². The number of nitrogens with zero attached hydrogens (tertiary/aromatic N) is 4. The number of nitrogens with one attached hydrogen (secondary N) is 1. The maximum Gasteiger partial charge on any atom is 0.387 e. The van der Waals surface area contributed by atoms with Gasteiger partial charge >= 0.3 is 6.61 Å². The van der Waals surface area contributed by atoms with Crippen LogP contribution in [0.4, 0.5) is 14.5 Å². The van der Waals surface area contributed by atoms with E-state index in [1.807, 2.05) is 13.8 Å². The standard InChI is InChI=1S/C18H18BrF2N5O2/c1-10-8-13(28-18(20)21)4-5-14(10)22-17(27)15-6-7-25(24-15)9-26-12(3)16(19)11(2)23-26/h4-8,18H,9H2,1-3H3,(H,22,27). The highest BCUT2D eigenvalue weighted by atomic mass is 79.9. The van der Waals surface area contributed by atoms with Gasteiger partial charge in [0.1, 0.15) is 12.4 Å². The number of amides is 1. The minimum absolute atomic E-state index is 0.0332. The molecule has 2 aromatic heterocycles. The van der Waals surface area contributed by atoms with E-state index in [0.717, 1.165) is 15.9 Å². The van der Waals surface area contributed by atoms with E-state index < -0.39 is 12.5 Å². The van der Waals surface area contributed by atoms with Gasteiger partial charge in [-0.25, -0.2) is 4.68 Å². The van der Waals surface area contributed by atoms with Crippen LogP contribution in [0.25, 0.3) is 0 Å². The van der Waals surface area contributed by atoms with Crippen LogP contribution in [0, 0.1) is 20.8 Å². The lowest BCUT2D eigenvalue weighted by atomic mass is 10.2. The fourth-order valence-corrected chi connectivity index (χ4v) is 2.93. The third-order valence-electron chi connectivity index (χ3n) is 4.12. The Kier molecular flexibility index (Phi) is 5.78. The molecule has 0 aliphatic heterocycles. The van der Waals surface area contributed by atoms with Gasteiger partial charge in [-0.15, -0.1) is 0 Å². The minimum Gasteiger partial charge on any atom is -0.435 e. The van der Waals surface area contributed by atoms with Gasteiger partial charge in [-0.1, -0.05) is 0 Å². The molecule has 1 aromatic carbocycles. The first-order valence-electron chi connectivity index (χ1n) is 8.34. The van der Waals surface area contributed by atoms with Gasteiger partial charge in [-0.3, -0.25) is 9.48 Å². The Bertz CT molecular complexity index is 1020. The molecule has 0 bridgehead atoms. The number of hydrogen-bond acceptors (Lipinski definition) is 4. The highest BCUT2D eigenvalue weighted by molar-refractivity contribution is 9.10. The Morgan fingerprint density at radius 2 is 2.00 bits per heavy atom. The van der Waals surface area contributed by atoms with Crippen LogP contribution >= 0.6 is 15.9 Å². The lowest BCUT2D eigenvalue weighted by Crippen LogP contribution is -2.16. The number of carbonyl (C=O) groups excluding carboxylic acids is 1. The van der Waals surface area contributed by atoms with Crippen LogP contribution in [0.2, 0.25) is 0 Å². The summed E-state index contributed by atoms with van der Waals surface area (Å²) in [4.78, 5) is 12.5. The molecule has 1 amide bonds. The molecule has 28 heavy (non-hydrogen) atoms. The largest absolute Gasteiger partial charge is 0.435 e. The topological polar surface area (TPSA) is 74.0 Å². The molecule has 0 radical (unpaired) electrons. The zero-order chi connectivity index (χ0) is 20.4. The summed E-state index contributed by atoms with van der Waals surface area (Å²) in [6.45, 7) is 2.99.